The van der Waals surface area contributed by atoms with Crippen LogP contribution in [0.1, 0.15) is 10.4 Å². The topological polar surface area (TPSA) is 83.7 Å². The van der Waals surface area contributed by atoms with Crippen LogP contribution in [-0.2, 0) is 10.2 Å². The zero-order chi connectivity index (χ0) is 14.9. The van der Waals surface area contributed by atoms with Crippen molar-refractivity contribution < 1.29 is 22.0 Å². The number of rotatable bonds is 2. The first-order chi connectivity index (χ1) is 9.27. The fraction of sp³-hybridized carbons (Fsp3) is 0.364. The van der Waals surface area contributed by atoms with E-state index in [9.17, 15) is 22.0 Å². The van der Waals surface area contributed by atoms with E-state index in [1.807, 2.05) is 0 Å². The minimum atomic E-state index is -3.78. The number of benzene rings is 1. The Morgan fingerprint density at radius 2 is 1.55 bits per heavy atom. The smallest absolute Gasteiger partial charge is 0.277 e. The van der Waals surface area contributed by atoms with E-state index in [4.69, 9.17) is 5.14 Å². The maximum atomic E-state index is 13.1. The Hall–Kier alpha value is -1.58. The molecule has 1 saturated heterocycles. The molecule has 0 bridgehead atoms. The molecule has 0 aliphatic carbocycles. The van der Waals surface area contributed by atoms with Gasteiger partial charge in [0.2, 0.25) is 0 Å². The molecule has 0 radical (unpaired) electrons. The Morgan fingerprint density at radius 3 is 2.00 bits per heavy atom. The van der Waals surface area contributed by atoms with Gasteiger partial charge in [0.25, 0.3) is 16.1 Å². The van der Waals surface area contributed by atoms with E-state index in [1.165, 1.54) is 4.90 Å². The quantitative estimate of drug-likeness (QED) is 0.830. The Balaban J connectivity index is 2.09. The molecule has 1 aliphatic rings. The summed E-state index contributed by atoms with van der Waals surface area (Å²) in [6.45, 7) is 0.353. The van der Waals surface area contributed by atoms with Gasteiger partial charge in [-0.15, -0.1) is 0 Å². The fourth-order valence-corrected chi connectivity index (χ4v) is 2.68. The molecular weight excluding hydrogens is 292 g/mol. The molecule has 9 heteroatoms. The number of nitrogens with zero attached hydrogens (tertiary/aromatic N) is 2. The summed E-state index contributed by atoms with van der Waals surface area (Å²) in [4.78, 5) is 13.4. The highest BCUT2D eigenvalue weighted by molar-refractivity contribution is 7.86. The molecule has 0 unspecified atom stereocenters. The molecule has 1 heterocycles. The van der Waals surface area contributed by atoms with E-state index in [0.717, 1.165) is 16.4 Å². The van der Waals surface area contributed by atoms with Gasteiger partial charge in [0.05, 0.1) is 0 Å². The van der Waals surface area contributed by atoms with Crippen molar-refractivity contribution in [3.8, 4) is 0 Å². The summed E-state index contributed by atoms with van der Waals surface area (Å²) >= 11 is 0. The second-order valence-corrected chi connectivity index (χ2v) is 5.94. The predicted molar refractivity (Wildman–Crippen MR) is 66.9 cm³/mol. The van der Waals surface area contributed by atoms with Gasteiger partial charge in [0, 0.05) is 37.8 Å². The standard InChI is InChI=1S/C11H13F2N3O3S/c12-9-5-8(6-10(13)7-9)11(17)15-1-3-16(4-2-15)20(14,18)19/h5-7H,1-4H2,(H2,14,18,19). The lowest BCUT2D eigenvalue weighted by Gasteiger charge is -2.32. The van der Waals surface area contributed by atoms with Crippen LogP contribution in [-0.4, -0.2) is 49.7 Å². The number of nitrogens with two attached hydrogens (primary N) is 1. The molecule has 0 saturated carbocycles. The first kappa shape index (κ1) is 14.8. The molecule has 110 valence electrons. The first-order valence-corrected chi connectivity index (χ1v) is 7.31. The molecule has 1 amide bonds. The lowest BCUT2D eigenvalue weighted by molar-refractivity contribution is 0.0697. The molecule has 0 atom stereocenters. The number of carbonyl (C=O) groups excluding carboxylic acids is 1. The van der Waals surface area contributed by atoms with E-state index in [2.05, 4.69) is 0 Å². The van der Waals surface area contributed by atoms with Crippen LogP contribution in [0.15, 0.2) is 18.2 Å². The summed E-state index contributed by atoms with van der Waals surface area (Å²) in [6, 6.07) is 2.56. The third kappa shape index (κ3) is 3.30. The highest BCUT2D eigenvalue weighted by atomic mass is 32.2. The van der Waals surface area contributed by atoms with Crippen molar-refractivity contribution in [3.05, 3.63) is 35.4 Å². The first-order valence-electron chi connectivity index (χ1n) is 5.80. The third-order valence-corrected chi connectivity index (χ3v) is 4.08. The number of halogens is 2. The van der Waals surface area contributed by atoms with E-state index in [0.29, 0.717) is 6.07 Å². The van der Waals surface area contributed by atoms with Crippen LogP contribution in [0.4, 0.5) is 8.78 Å². The van der Waals surface area contributed by atoms with Crippen molar-refractivity contribution >= 4 is 16.1 Å². The van der Waals surface area contributed by atoms with Gasteiger partial charge in [-0.1, -0.05) is 0 Å². The van der Waals surface area contributed by atoms with Crippen molar-refractivity contribution in [1.82, 2.24) is 9.21 Å². The Bertz CT molecular complexity index is 608. The molecule has 1 aromatic carbocycles. The summed E-state index contributed by atoms with van der Waals surface area (Å²) in [5, 5.41) is 4.98. The summed E-state index contributed by atoms with van der Waals surface area (Å²) < 4.78 is 49.4. The summed E-state index contributed by atoms with van der Waals surface area (Å²) in [5.41, 5.74) is -0.105. The van der Waals surface area contributed by atoms with Crippen LogP contribution in [0, 0.1) is 11.6 Å². The van der Waals surface area contributed by atoms with Gasteiger partial charge >= 0.3 is 0 Å². The Labute approximate surface area is 114 Å². The van der Waals surface area contributed by atoms with Crippen LogP contribution in [0.3, 0.4) is 0 Å². The van der Waals surface area contributed by atoms with Gasteiger partial charge in [-0.3, -0.25) is 4.79 Å². The molecule has 1 fully saturated rings. The van der Waals surface area contributed by atoms with E-state index < -0.39 is 27.8 Å². The second-order valence-electron chi connectivity index (χ2n) is 4.39. The molecule has 20 heavy (non-hydrogen) atoms. The van der Waals surface area contributed by atoms with Crippen LogP contribution in [0.25, 0.3) is 0 Å². The Morgan fingerprint density at radius 1 is 1.05 bits per heavy atom. The van der Waals surface area contributed by atoms with Crippen molar-refractivity contribution in [2.24, 2.45) is 5.14 Å². The predicted octanol–water partition coefficient (Wildman–Crippen LogP) is -0.0739. The van der Waals surface area contributed by atoms with Crippen LogP contribution in [0.2, 0.25) is 0 Å². The molecule has 6 nitrogen and oxygen atoms in total. The highest BCUT2D eigenvalue weighted by Crippen LogP contribution is 2.13. The van der Waals surface area contributed by atoms with E-state index in [-0.39, 0.29) is 31.7 Å². The van der Waals surface area contributed by atoms with Crippen LogP contribution < -0.4 is 5.14 Å². The number of piperazine rings is 1. The summed E-state index contributed by atoms with van der Waals surface area (Å²) in [7, 11) is -3.78. The minimum absolute atomic E-state index is 0.0579. The maximum absolute atomic E-state index is 13.1. The van der Waals surface area contributed by atoms with Gasteiger partial charge < -0.3 is 4.90 Å². The molecular formula is C11H13F2N3O3S. The van der Waals surface area contributed by atoms with E-state index >= 15 is 0 Å². The zero-order valence-electron chi connectivity index (χ0n) is 10.4. The Kier molecular flexibility index (Phi) is 4.02. The molecule has 1 aliphatic heterocycles. The normalized spacial score (nSPS) is 17.2. The number of hydrogen-bond donors (Lipinski definition) is 1. The lowest BCUT2D eigenvalue weighted by Crippen LogP contribution is -2.52. The second kappa shape index (κ2) is 5.43. The van der Waals surface area contributed by atoms with Crippen molar-refractivity contribution in [2.45, 2.75) is 0 Å². The van der Waals surface area contributed by atoms with Gasteiger partial charge in [0.1, 0.15) is 11.6 Å². The number of hydrogen-bond acceptors (Lipinski definition) is 3. The summed E-state index contributed by atoms with van der Waals surface area (Å²) in [5.74, 6) is -2.22. The molecule has 2 N–H and O–H groups in total. The monoisotopic (exact) mass is 305 g/mol. The minimum Gasteiger partial charge on any atom is -0.336 e. The van der Waals surface area contributed by atoms with Crippen LogP contribution in [0.5, 0.6) is 0 Å². The fourth-order valence-electron chi connectivity index (χ4n) is 2.01. The largest absolute Gasteiger partial charge is 0.336 e. The maximum Gasteiger partial charge on any atom is 0.277 e. The summed E-state index contributed by atoms with van der Waals surface area (Å²) in [6.07, 6.45) is 0. The molecule has 0 aromatic heterocycles. The van der Waals surface area contributed by atoms with Gasteiger partial charge in [-0.05, 0) is 12.1 Å². The third-order valence-electron chi connectivity index (χ3n) is 3.00. The average Bonchev–Trinajstić information content (AvgIpc) is 2.36. The highest BCUT2D eigenvalue weighted by Gasteiger charge is 2.27. The average molecular weight is 305 g/mol. The van der Waals surface area contributed by atoms with Gasteiger partial charge in [-0.25, -0.2) is 13.9 Å². The molecule has 1 aromatic rings. The lowest BCUT2D eigenvalue weighted by atomic mass is 10.1. The van der Waals surface area contributed by atoms with Crippen LogP contribution >= 0.6 is 0 Å². The van der Waals surface area contributed by atoms with Gasteiger partial charge in [-0.2, -0.15) is 12.7 Å². The number of carbonyl (C=O) groups is 1. The van der Waals surface area contributed by atoms with Crippen molar-refractivity contribution in [2.75, 3.05) is 26.2 Å². The molecule has 2 rings (SSSR count). The van der Waals surface area contributed by atoms with E-state index in [1.54, 1.807) is 0 Å². The van der Waals surface area contributed by atoms with Gasteiger partial charge in [0.15, 0.2) is 0 Å². The molecule has 0 spiro atoms. The van der Waals surface area contributed by atoms with Crippen molar-refractivity contribution in [3.63, 3.8) is 0 Å². The SMILES string of the molecule is NS(=O)(=O)N1CCN(C(=O)c2cc(F)cc(F)c2)CC1. The number of amides is 1. The van der Waals surface area contributed by atoms with Crippen molar-refractivity contribution in [1.29, 1.82) is 0 Å². The zero-order valence-corrected chi connectivity index (χ0v) is 11.2.